The highest BCUT2D eigenvalue weighted by Gasteiger charge is 2.15. The Hall–Kier alpha value is -1.06. The summed E-state index contributed by atoms with van der Waals surface area (Å²) in [5.41, 5.74) is 6.83. The fourth-order valence-corrected chi connectivity index (χ4v) is 1.35. The molecule has 4 heteroatoms. The van der Waals surface area contributed by atoms with Crippen molar-refractivity contribution in [3.05, 3.63) is 34.3 Å². The van der Waals surface area contributed by atoms with Crippen LogP contribution in [0.15, 0.2) is 18.2 Å². The normalized spacial score (nSPS) is 12.5. The highest BCUT2D eigenvalue weighted by Crippen LogP contribution is 2.19. The van der Waals surface area contributed by atoms with Gasteiger partial charge < -0.3 is 10.8 Å². The molecule has 1 aromatic rings. The Bertz CT molecular complexity index is 338. The zero-order valence-corrected chi connectivity index (χ0v) is 7.88. The minimum atomic E-state index is -1.04. The van der Waals surface area contributed by atoms with E-state index in [4.69, 9.17) is 22.4 Å². The molecule has 0 aliphatic heterocycles. The molecule has 1 aromatic carbocycles. The summed E-state index contributed by atoms with van der Waals surface area (Å²) >= 11 is 5.71. The molecule has 1 unspecified atom stereocenters. The zero-order valence-electron chi connectivity index (χ0n) is 7.12. The molecule has 0 radical (unpaired) electrons. The highest BCUT2D eigenvalue weighted by atomic mass is 35.5. The Morgan fingerprint density at radius 3 is 2.69 bits per heavy atom. The van der Waals surface area contributed by atoms with Crippen molar-refractivity contribution in [2.75, 3.05) is 0 Å². The van der Waals surface area contributed by atoms with Crippen molar-refractivity contribution in [1.82, 2.24) is 0 Å². The first-order valence-electron chi connectivity index (χ1n) is 3.77. The summed E-state index contributed by atoms with van der Waals surface area (Å²) in [6.07, 6.45) is 0. The van der Waals surface area contributed by atoms with Crippen LogP contribution in [0.1, 0.15) is 17.2 Å². The van der Waals surface area contributed by atoms with Crippen LogP contribution in [-0.2, 0) is 4.79 Å². The van der Waals surface area contributed by atoms with Crippen molar-refractivity contribution in [3.8, 4) is 0 Å². The maximum Gasteiger partial charge on any atom is 0.325 e. The number of halogens is 1. The fourth-order valence-electron chi connectivity index (χ4n) is 1.12. The van der Waals surface area contributed by atoms with E-state index >= 15 is 0 Å². The molecular weight excluding hydrogens is 190 g/mol. The summed E-state index contributed by atoms with van der Waals surface area (Å²) in [5.74, 6) is -1.04. The predicted molar refractivity (Wildman–Crippen MR) is 50.8 cm³/mol. The van der Waals surface area contributed by atoms with E-state index in [1.54, 1.807) is 25.1 Å². The van der Waals surface area contributed by atoms with Crippen molar-refractivity contribution in [2.24, 2.45) is 5.73 Å². The van der Waals surface area contributed by atoms with Crippen LogP contribution >= 0.6 is 11.6 Å². The minimum Gasteiger partial charge on any atom is -0.480 e. The molecule has 0 heterocycles. The van der Waals surface area contributed by atoms with Crippen LogP contribution in [0.4, 0.5) is 0 Å². The van der Waals surface area contributed by atoms with Gasteiger partial charge in [0.15, 0.2) is 0 Å². The first-order valence-corrected chi connectivity index (χ1v) is 4.14. The van der Waals surface area contributed by atoms with E-state index in [2.05, 4.69) is 0 Å². The molecule has 0 aromatic heterocycles. The third-order valence-electron chi connectivity index (χ3n) is 1.83. The quantitative estimate of drug-likeness (QED) is 0.763. The van der Waals surface area contributed by atoms with Gasteiger partial charge in [-0.25, -0.2) is 0 Å². The molecule has 1 atom stereocenters. The second kappa shape index (κ2) is 3.77. The van der Waals surface area contributed by atoms with Gasteiger partial charge in [-0.2, -0.15) is 0 Å². The third-order valence-corrected chi connectivity index (χ3v) is 2.07. The van der Waals surface area contributed by atoms with Crippen molar-refractivity contribution < 1.29 is 9.90 Å². The second-order valence-electron chi connectivity index (χ2n) is 2.82. The Morgan fingerprint density at radius 1 is 1.62 bits per heavy atom. The molecule has 0 aliphatic carbocycles. The van der Waals surface area contributed by atoms with Gasteiger partial charge >= 0.3 is 5.97 Å². The van der Waals surface area contributed by atoms with Crippen LogP contribution in [0, 0.1) is 6.92 Å². The van der Waals surface area contributed by atoms with Gasteiger partial charge in [-0.05, 0) is 30.2 Å². The number of carboxylic acids is 1. The Kier molecular flexibility index (Phi) is 2.90. The van der Waals surface area contributed by atoms with Gasteiger partial charge in [-0.15, -0.1) is 0 Å². The van der Waals surface area contributed by atoms with Crippen molar-refractivity contribution in [2.45, 2.75) is 13.0 Å². The number of nitrogens with two attached hydrogens (primary N) is 1. The first-order chi connectivity index (χ1) is 6.02. The van der Waals surface area contributed by atoms with Gasteiger partial charge in [0, 0.05) is 5.02 Å². The lowest BCUT2D eigenvalue weighted by molar-refractivity contribution is -0.138. The molecule has 0 fully saturated rings. The number of carboxylic acid groups (broad SMARTS) is 1. The number of aryl methyl sites for hydroxylation is 1. The summed E-state index contributed by atoms with van der Waals surface area (Å²) in [7, 11) is 0. The van der Waals surface area contributed by atoms with Gasteiger partial charge in [0.05, 0.1) is 0 Å². The van der Waals surface area contributed by atoms with Crippen molar-refractivity contribution >= 4 is 17.6 Å². The monoisotopic (exact) mass is 199 g/mol. The van der Waals surface area contributed by atoms with E-state index in [1.165, 1.54) is 0 Å². The summed E-state index contributed by atoms with van der Waals surface area (Å²) in [5, 5.41) is 9.25. The summed E-state index contributed by atoms with van der Waals surface area (Å²) in [6.45, 7) is 1.78. The molecule has 3 nitrogen and oxygen atoms in total. The van der Waals surface area contributed by atoms with Gasteiger partial charge in [-0.1, -0.05) is 17.7 Å². The molecule has 3 N–H and O–H groups in total. The molecule has 13 heavy (non-hydrogen) atoms. The lowest BCUT2D eigenvalue weighted by atomic mass is 10.0. The number of benzene rings is 1. The molecule has 70 valence electrons. The van der Waals surface area contributed by atoms with Crippen LogP contribution in [0.2, 0.25) is 5.02 Å². The number of carbonyl (C=O) groups is 1. The Labute approximate surface area is 81.1 Å². The molecule has 1 rings (SSSR count). The standard InChI is InChI=1S/C9H10ClNO2/c1-5-4-6(10)2-3-7(5)8(11)9(12)13/h2-4,8H,11H2,1H3,(H,12,13). The van der Waals surface area contributed by atoms with Gasteiger partial charge in [0.2, 0.25) is 0 Å². The second-order valence-corrected chi connectivity index (χ2v) is 3.25. The Morgan fingerprint density at radius 2 is 2.23 bits per heavy atom. The van der Waals surface area contributed by atoms with Gasteiger partial charge in [0.1, 0.15) is 6.04 Å². The number of hydrogen-bond donors (Lipinski definition) is 2. The molecule has 0 saturated carbocycles. The van der Waals surface area contributed by atoms with Crippen molar-refractivity contribution in [3.63, 3.8) is 0 Å². The summed E-state index contributed by atoms with van der Waals surface area (Å²) in [4.78, 5) is 10.6. The molecule has 0 amide bonds. The molecule has 0 bridgehead atoms. The predicted octanol–water partition coefficient (Wildman–Crippen LogP) is 1.73. The smallest absolute Gasteiger partial charge is 0.325 e. The van der Waals surface area contributed by atoms with Gasteiger partial charge in [-0.3, -0.25) is 4.79 Å². The average molecular weight is 200 g/mol. The fraction of sp³-hybridized carbons (Fsp3) is 0.222. The largest absolute Gasteiger partial charge is 0.480 e. The van der Waals surface area contributed by atoms with E-state index in [-0.39, 0.29) is 0 Å². The molecule has 0 saturated heterocycles. The lowest BCUT2D eigenvalue weighted by Gasteiger charge is -2.09. The maximum absolute atomic E-state index is 10.6. The van der Waals surface area contributed by atoms with Gasteiger partial charge in [0.25, 0.3) is 0 Å². The van der Waals surface area contributed by atoms with Crippen LogP contribution in [0.25, 0.3) is 0 Å². The first kappa shape index (κ1) is 10.0. The lowest BCUT2D eigenvalue weighted by Crippen LogP contribution is -2.21. The number of rotatable bonds is 2. The van der Waals surface area contributed by atoms with E-state index in [9.17, 15) is 4.79 Å². The van der Waals surface area contributed by atoms with Crippen LogP contribution in [-0.4, -0.2) is 11.1 Å². The summed E-state index contributed by atoms with van der Waals surface area (Å²) in [6, 6.07) is 3.99. The van der Waals surface area contributed by atoms with Crippen LogP contribution in [0.3, 0.4) is 0 Å². The Balaban J connectivity index is 3.08. The summed E-state index contributed by atoms with van der Waals surface area (Å²) < 4.78 is 0. The maximum atomic E-state index is 10.6. The third kappa shape index (κ3) is 2.20. The molecule has 0 spiro atoms. The van der Waals surface area contributed by atoms with E-state index < -0.39 is 12.0 Å². The van der Waals surface area contributed by atoms with Crippen LogP contribution < -0.4 is 5.73 Å². The van der Waals surface area contributed by atoms with E-state index in [0.29, 0.717) is 10.6 Å². The molecular formula is C9H10ClNO2. The topological polar surface area (TPSA) is 63.3 Å². The number of aliphatic carboxylic acids is 1. The highest BCUT2D eigenvalue weighted by molar-refractivity contribution is 6.30. The zero-order chi connectivity index (χ0) is 10.0. The van der Waals surface area contributed by atoms with E-state index in [0.717, 1.165) is 5.56 Å². The number of hydrogen-bond acceptors (Lipinski definition) is 2. The average Bonchev–Trinajstić information content (AvgIpc) is 2.03. The minimum absolute atomic E-state index is 0.582. The molecule has 0 aliphatic rings. The van der Waals surface area contributed by atoms with E-state index in [1.807, 2.05) is 0 Å². The SMILES string of the molecule is Cc1cc(Cl)ccc1C(N)C(=O)O. The van der Waals surface area contributed by atoms with Crippen LogP contribution in [0.5, 0.6) is 0 Å². The van der Waals surface area contributed by atoms with Crippen molar-refractivity contribution in [1.29, 1.82) is 0 Å².